The van der Waals surface area contributed by atoms with Gasteiger partial charge in [0.1, 0.15) is 5.54 Å². The summed E-state index contributed by atoms with van der Waals surface area (Å²) in [6, 6.07) is 2.10. The molecule has 1 aromatic heterocycles. The second-order valence-electron chi connectivity index (χ2n) is 5.56. The maximum atomic E-state index is 12.0. The van der Waals surface area contributed by atoms with Crippen LogP contribution in [0.25, 0.3) is 0 Å². The van der Waals surface area contributed by atoms with E-state index in [0.717, 1.165) is 29.4 Å². The largest absolute Gasteiger partial charge is 0.468 e. The van der Waals surface area contributed by atoms with Crippen molar-refractivity contribution >= 4 is 17.7 Å². The molecule has 6 heteroatoms. The van der Waals surface area contributed by atoms with Crippen LogP contribution in [0.2, 0.25) is 0 Å². The van der Waals surface area contributed by atoms with E-state index in [1.807, 2.05) is 33.8 Å². The van der Waals surface area contributed by atoms with Gasteiger partial charge in [-0.05, 0) is 46.6 Å². The molecule has 1 unspecified atom stereocenters. The van der Waals surface area contributed by atoms with Gasteiger partial charge in [0.05, 0.1) is 7.11 Å². The molecule has 0 aliphatic rings. The first-order valence-electron chi connectivity index (χ1n) is 7.16. The number of methoxy groups -OCH3 is 1. The number of hydrogen-bond donors (Lipinski definition) is 1. The fourth-order valence-corrected chi connectivity index (χ4v) is 3.00. The van der Waals surface area contributed by atoms with Gasteiger partial charge in [0, 0.05) is 23.7 Å². The molecule has 0 spiro atoms. The van der Waals surface area contributed by atoms with E-state index in [-0.39, 0.29) is 12.0 Å². The van der Waals surface area contributed by atoms with Gasteiger partial charge < -0.3 is 4.74 Å². The number of thioether (sulfide) groups is 1. The summed E-state index contributed by atoms with van der Waals surface area (Å²) in [6.45, 7) is 7.90. The molecule has 21 heavy (non-hydrogen) atoms. The summed E-state index contributed by atoms with van der Waals surface area (Å²) in [4.78, 5) is 20.5. The summed E-state index contributed by atoms with van der Waals surface area (Å²) in [5, 5.41) is 4.08. The molecular formula is C15H25N3O2S. The smallest absolute Gasteiger partial charge is 0.325 e. The van der Waals surface area contributed by atoms with Crippen LogP contribution in [0.15, 0.2) is 17.4 Å². The molecule has 0 aliphatic heterocycles. The lowest BCUT2D eigenvalue weighted by molar-refractivity contribution is -0.148. The first-order valence-corrected chi connectivity index (χ1v) is 8.14. The molecule has 1 aromatic rings. The number of nitrogens with zero attached hydrogens (tertiary/aromatic N) is 2. The first kappa shape index (κ1) is 17.9. The first-order chi connectivity index (χ1) is 9.87. The minimum absolute atomic E-state index is 0.215. The standard InChI is InChI=1S/C15H25N3O2S/c1-11(2)18-15(4,13(19)20-5)8-6-10-21-14-16-9-7-12(3)17-14/h7,9,11,18H,6,8,10H2,1-5H3. The summed E-state index contributed by atoms with van der Waals surface area (Å²) >= 11 is 1.61. The highest BCUT2D eigenvalue weighted by atomic mass is 32.2. The fourth-order valence-electron chi connectivity index (χ4n) is 2.18. The molecule has 0 fully saturated rings. The molecule has 118 valence electrons. The number of ether oxygens (including phenoxy) is 1. The summed E-state index contributed by atoms with van der Waals surface area (Å²) in [6.07, 6.45) is 3.37. The molecule has 0 radical (unpaired) electrons. The van der Waals surface area contributed by atoms with E-state index in [1.165, 1.54) is 7.11 Å². The lowest BCUT2D eigenvalue weighted by Crippen LogP contribution is -2.53. The third-order valence-corrected chi connectivity index (χ3v) is 4.02. The van der Waals surface area contributed by atoms with E-state index in [4.69, 9.17) is 4.74 Å². The van der Waals surface area contributed by atoms with E-state index in [9.17, 15) is 4.79 Å². The van der Waals surface area contributed by atoms with Crippen LogP contribution in [-0.4, -0.2) is 40.4 Å². The van der Waals surface area contributed by atoms with Crippen LogP contribution >= 0.6 is 11.8 Å². The Hall–Kier alpha value is -1.14. The molecule has 0 saturated carbocycles. The number of rotatable bonds is 8. The molecule has 0 saturated heterocycles. The summed E-state index contributed by atoms with van der Waals surface area (Å²) in [5.41, 5.74) is 0.324. The molecule has 1 atom stereocenters. The van der Waals surface area contributed by atoms with Crippen LogP contribution in [0.4, 0.5) is 0 Å². The molecule has 0 bridgehead atoms. The Kier molecular flexibility index (Phi) is 7.11. The van der Waals surface area contributed by atoms with Crippen LogP contribution < -0.4 is 5.32 Å². The van der Waals surface area contributed by atoms with Gasteiger partial charge in [0.25, 0.3) is 0 Å². The predicted octanol–water partition coefficient (Wildman–Crippen LogP) is 2.59. The van der Waals surface area contributed by atoms with Crippen molar-refractivity contribution in [1.29, 1.82) is 0 Å². The molecule has 1 rings (SSSR count). The third-order valence-electron chi connectivity index (χ3n) is 3.07. The lowest BCUT2D eigenvalue weighted by Gasteiger charge is -2.30. The van der Waals surface area contributed by atoms with Crippen molar-refractivity contribution in [2.75, 3.05) is 12.9 Å². The van der Waals surface area contributed by atoms with Crippen molar-refractivity contribution in [3.05, 3.63) is 18.0 Å². The zero-order chi connectivity index (χ0) is 15.9. The van der Waals surface area contributed by atoms with Crippen LogP contribution in [0.1, 0.15) is 39.3 Å². The minimum Gasteiger partial charge on any atom is -0.468 e. The van der Waals surface area contributed by atoms with Crippen LogP contribution in [0.3, 0.4) is 0 Å². The Balaban J connectivity index is 2.48. The SMILES string of the molecule is COC(=O)C(C)(CCCSc1nccc(C)n1)NC(C)C. The highest BCUT2D eigenvalue weighted by Crippen LogP contribution is 2.20. The van der Waals surface area contributed by atoms with Crippen molar-refractivity contribution in [3.8, 4) is 0 Å². The number of hydrogen-bond acceptors (Lipinski definition) is 6. The van der Waals surface area contributed by atoms with Crippen LogP contribution in [0, 0.1) is 6.92 Å². The normalized spacial score (nSPS) is 14.0. The summed E-state index contributed by atoms with van der Waals surface area (Å²) in [5.74, 6) is 0.656. The molecule has 0 amide bonds. The van der Waals surface area contributed by atoms with Crippen molar-refractivity contribution < 1.29 is 9.53 Å². The van der Waals surface area contributed by atoms with Gasteiger partial charge in [0.2, 0.25) is 0 Å². The lowest BCUT2D eigenvalue weighted by atomic mass is 9.95. The Morgan fingerprint density at radius 2 is 2.24 bits per heavy atom. The van der Waals surface area contributed by atoms with E-state index in [0.29, 0.717) is 0 Å². The van der Waals surface area contributed by atoms with Crippen molar-refractivity contribution in [3.63, 3.8) is 0 Å². The molecule has 0 aliphatic carbocycles. The maximum absolute atomic E-state index is 12.0. The Morgan fingerprint density at radius 3 is 2.81 bits per heavy atom. The molecule has 1 heterocycles. The van der Waals surface area contributed by atoms with Gasteiger partial charge in [-0.15, -0.1) is 0 Å². The number of aromatic nitrogens is 2. The van der Waals surface area contributed by atoms with E-state index < -0.39 is 5.54 Å². The number of carbonyl (C=O) groups is 1. The van der Waals surface area contributed by atoms with Gasteiger partial charge in [-0.3, -0.25) is 10.1 Å². The quantitative estimate of drug-likeness (QED) is 0.344. The van der Waals surface area contributed by atoms with E-state index in [1.54, 1.807) is 18.0 Å². The highest BCUT2D eigenvalue weighted by Gasteiger charge is 2.34. The van der Waals surface area contributed by atoms with E-state index in [2.05, 4.69) is 15.3 Å². The molecule has 5 nitrogen and oxygen atoms in total. The van der Waals surface area contributed by atoms with Gasteiger partial charge in [-0.1, -0.05) is 11.8 Å². The number of nitrogens with one attached hydrogen (secondary N) is 1. The van der Waals surface area contributed by atoms with Crippen LogP contribution in [-0.2, 0) is 9.53 Å². The average Bonchev–Trinajstić information content (AvgIpc) is 2.42. The van der Waals surface area contributed by atoms with E-state index >= 15 is 0 Å². The van der Waals surface area contributed by atoms with Gasteiger partial charge in [0.15, 0.2) is 5.16 Å². The van der Waals surface area contributed by atoms with Gasteiger partial charge in [-0.25, -0.2) is 9.97 Å². The second-order valence-corrected chi connectivity index (χ2v) is 6.62. The third kappa shape index (κ3) is 6.01. The maximum Gasteiger partial charge on any atom is 0.325 e. The number of esters is 1. The van der Waals surface area contributed by atoms with Gasteiger partial charge >= 0.3 is 5.97 Å². The Labute approximate surface area is 131 Å². The Morgan fingerprint density at radius 1 is 1.52 bits per heavy atom. The topological polar surface area (TPSA) is 64.1 Å². The fraction of sp³-hybridized carbons (Fsp3) is 0.667. The summed E-state index contributed by atoms with van der Waals surface area (Å²) in [7, 11) is 1.43. The predicted molar refractivity (Wildman–Crippen MR) is 85.4 cm³/mol. The average molecular weight is 311 g/mol. The highest BCUT2D eigenvalue weighted by molar-refractivity contribution is 7.99. The summed E-state index contributed by atoms with van der Waals surface area (Å²) < 4.78 is 4.91. The van der Waals surface area contributed by atoms with Crippen molar-refractivity contribution in [2.24, 2.45) is 0 Å². The minimum atomic E-state index is -0.642. The zero-order valence-electron chi connectivity index (χ0n) is 13.5. The molecular weight excluding hydrogens is 286 g/mol. The number of aryl methyl sites for hydroxylation is 1. The van der Waals surface area contributed by atoms with Crippen molar-refractivity contribution in [2.45, 2.75) is 57.3 Å². The van der Waals surface area contributed by atoms with Crippen molar-refractivity contribution in [1.82, 2.24) is 15.3 Å². The Bertz CT molecular complexity index is 468. The van der Waals surface area contributed by atoms with Crippen LogP contribution in [0.5, 0.6) is 0 Å². The molecule has 1 N–H and O–H groups in total. The second kappa shape index (κ2) is 8.34. The van der Waals surface area contributed by atoms with Gasteiger partial charge in [-0.2, -0.15) is 0 Å². The number of carbonyl (C=O) groups excluding carboxylic acids is 1. The molecule has 0 aromatic carbocycles. The monoisotopic (exact) mass is 311 g/mol. The zero-order valence-corrected chi connectivity index (χ0v) is 14.3.